The first-order valence-corrected chi connectivity index (χ1v) is 6.67. The molecule has 2 aromatic rings. The summed E-state index contributed by atoms with van der Waals surface area (Å²) < 4.78 is 24.3. The van der Waals surface area contributed by atoms with Gasteiger partial charge < -0.3 is 14.9 Å². The number of hydrogen-bond donors (Lipinski definition) is 1. The average Bonchev–Trinajstić information content (AvgIpc) is 2.92. The largest absolute Gasteiger partial charge is 0.450 e. The highest BCUT2D eigenvalue weighted by Gasteiger charge is 2.40. The molecule has 0 radical (unpaired) electrons. The average molecular weight is 277 g/mol. The lowest BCUT2D eigenvalue weighted by molar-refractivity contribution is 0.0185. The van der Waals surface area contributed by atoms with E-state index < -0.39 is 11.2 Å². The number of rotatable bonds is 3. The standard InChI is InChI=1S/C15H16FNO3/c16-11-3-1-2-10-8-12(20-13(10)11)14(18)15(9-17)4-6-19-7-5-15/h1-3,8H,4-7,9,17H2. The van der Waals surface area contributed by atoms with E-state index in [0.29, 0.717) is 31.4 Å². The van der Waals surface area contributed by atoms with Gasteiger partial charge in [0.1, 0.15) is 0 Å². The van der Waals surface area contributed by atoms with Crippen LogP contribution in [0, 0.1) is 11.2 Å². The molecule has 0 atom stereocenters. The van der Waals surface area contributed by atoms with Crippen molar-refractivity contribution < 1.29 is 18.3 Å². The Hall–Kier alpha value is -1.72. The van der Waals surface area contributed by atoms with Gasteiger partial charge in [-0.05, 0) is 25.0 Å². The summed E-state index contributed by atoms with van der Waals surface area (Å²) in [5.41, 5.74) is 5.28. The fraction of sp³-hybridized carbons (Fsp3) is 0.400. The predicted octanol–water partition coefficient (Wildman–Crippen LogP) is 2.51. The quantitative estimate of drug-likeness (QED) is 0.875. The lowest BCUT2D eigenvalue weighted by atomic mass is 9.75. The van der Waals surface area contributed by atoms with Gasteiger partial charge in [0.15, 0.2) is 17.2 Å². The maximum absolute atomic E-state index is 13.6. The zero-order valence-electron chi connectivity index (χ0n) is 11.0. The second-order valence-corrected chi connectivity index (χ2v) is 5.19. The molecule has 0 unspecified atom stereocenters. The van der Waals surface area contributed by atoms with Crippen molar-refractivity contribution in [3.8, 4) is 0 Å². The van der Waals surface area contributed by atoms with Crippen molar-refractivity contribution in [3.05, 3.63) is 35.8 Å². The molecular weight excluding hydrogens is 261 g/mol. The Labute approximate surface area is 115 Å². The first-order valence-electron chi connectivity index (χ1n) is 6.67. The Morgan fingerprint density at radius 1 is 1.35 bits per heavy atom. The molecule has 1 aliphatic heterocycles. The van der Waals surface area contributed by atoms with Crippen LogP contribution in [0.2, 0.25) is 0 Å². The van der Waals surface area contributed by atoms with Crippen LogP contribution >= 0.6 is 0 Å². The lowest BCUT2D eigenvalue weighted by Gasteiger charge is -2.33. The first kappa shape index (κ1) is 13.3. The van der Waals surface area contributed by atoms with Crippen molar-refractivity contribution in [3.63, 3.8) is 0 Å². The van der Waals surface area contributed by atoms with Crippen LogP contribution in [0.5, 0.6) is 0 Å². The molecule has 0 spiro atoms. The zero-order valence-corrected chi connectivity index (χ0v) is 11.0. The smallest absolute Gasteiger partial charge is 0.205 e. The van der Waals surface area contributed by atoms with E-state index >= 15 is 0 Å². The Bertz CT molecular complexity index is 644. The van der Waals surface area contributed by atoms with E-state index in [1.807, 2.05) is 0 Å². The van der Waals surface area contributed by atoms with Crippen LogP contribution in [-0.4, -0.2) is 25.5 Å². The molecule has 2 N–H and O–H groups in total. The van der Waals surface area contributed by atoms with Gasteiger partial charge >= 0.3 is 0 Å². The highest BCUT2D eigenvalue weighted by Crippen LogP contribution is 2.35. The maximum Gasteiger partial charge on any atom is 0.205 e. The number of nitrogens with two attached hydrogens (primary N) is 1. The van der Waals surface area contributed by atoms with Crippen LogP contribution in [0.1, 0.15) is 23.4 Å². The summed E-state index contributed by atoms with van der Waals surface area (Å²) >= 11 is 0. The number of furan rings is 1. The molecule has 0 bridgehead atoms. The number of fused-ring (bicyclic) bond motifs is 1. The van der Waals surface area contributed by atoms with E-state index in [1.54, 1.807) is 18.2 Å². The molecular formula is C15H16FNO3. The van der Waals surface area contributed by atoms with Gasteiger partial charge in [-0.15, -0.1) is 0 Å². The Kier molecular flexibility index (Phi) is 3.31. The summed E-state index contributed by atoms with van der Waals surface area (Å²) in [5, 5.41) is 0.590. The molecule has 106 valence electrons. The van der Waals surface area contributed by atoms with Gasteiger partial charge in [-0.1, -0.05) is 12.1 Å². The molecule has 0 saturated carbocycles. The van der Waals surface area contributed by atoms with E-state index in [0.717, 1.165) is 0 Å². The molecule has 0 aliphatic carbocycles. The second kappa shape index (κ2) is 5.00. The molecule has 20 heavy (non-hydrogen) atoms. The molecule has 2 heterocycles. The van der Waals surface area contributed by atoms with Gasteiger partial charge in [-0.2, -0.15) is 0 Å². The van der Waals surface area contributed by atoms with Crippen LogP contribution in [0.25, 0.3) is 11.0 Å². The maximum atomic E-state index is 13.6. The fourth-order valence-electron chi connectivity index (χ4n) is 2.69. The number of para-hydroxylation sites is 1. The van der Waals surface area contributed by atoms with Gasteiger partial charge in [0.2, 0.25) is 5.78 Å². The number of benzene rings is 1. The molecule has 3 rings (SSSR count). The molecule has 1 aromatic carbocycles. The molecule has 1 fully saturated rings. The van der Waals surface area contributed by atoms with Crippen LogP contribution in [0.4, 0.5) is 4.39 Å². The Balaban J connectivity index is 2.01. The van der Waals surface area contributed by atoms with Crippen molar-refractivity contribution in [2.45, 2.75) is 12.8 Å². The zero-order chi connectivity index (χ0) is 14.2. The van der Waals surface area contributed by atoms with E-state index in [2.05, 4.69) is 0 Å². The monoisotopic (exact) mass is 277 g/mol. The van der Waals surface area contributed by atoms with Crippen LogP contribution < -0.4 is 5.73 Å². The van der Waals surface area contributed by atoms with Crippen molar-refractivity contribution >= 4 is 16.8 Å². The molecule has 0 amide bonds. The van der Waals surface area contributed by atoms with Crippen LogP contribution in [0.3, 0.4) is 0 Å². The number of ketones is 1. The van der Waals surface area contributed by atoms with E-state index in [1.165, 1.54) is 6.07 Å². The van der Waals surface area contributed by atoms with Crippen molar-refractivity contribution in [2.75, 3.05) is 19.8 Å². The van der Waals surface area contributed by atoms with E-state index in [4.69, 9.17) is 14.9 Å². The Morgan fingerprint density at radius 3 is 2.75 bits per heavy atom. The third kappa shape index (κ3) is 2.03. The van der Waals surface area contributed by atoms with Gasteiger partial charge in [0, 0.05) is 25.1 Å². The van der Waals surface area contributed by atoms with Crippen LogP contribution in [-0.2, 0) is 4.74 Å². The first-order chi connectivity index (χ1) is 9.66. The number of hydrogen-bond acceptors (Lipinski definition) is 4. The predicted molar refractivity (Wildman–Crippen MR) is 72.0 cm³/mol. The summed E-state index contributed by atoms with van der Waals surface area (Å²) in [6.45, 7) is 1.27. The topological polar surface area (TPSA) is 65.5 Å². The summed E-state index contributed by atoms with van der Waals surface area (Å²) in [7, 11) is 0. The fourth-order valence-corrected chi connectivity index (χ4v) is 2.69. The van der Waals surface area contributed by atoms with Gasteiger partial charge in [0.05, 0.1) is 5.41 Å². The van der Waals surface area contributed by atoms with Crippen LogP contribution in [0.15, 0.2) is 28.7 Å². The molecule has 5 heteroatoms. The minimum atomic E-state index is -0.650. The van der Waals surface area contributed by atoms with Gasteiger partial charge in [-0.25, -0.2) is 4.39 Å². The molecule has 1 saturated heterocycles. The third-order valence-corrected chi connectivity index (χ3v) is 4.04. The number of ether oxygens (including phenoxy) is 1. The highest BCUT2D eigenvalue weighted by molar-refractivity contribution is 6.01. The number of halogens is 1. The van der Waals surface area contributed by atoms with Gasteiger partial charge in [-0.3, -0.25) is 4.79 Å². The minimum Gasteiger partial charge on any atom is -0.450 e. The molecule has 1 aromatic heterocycles. The minimum absolute atomic E-state index is 0.120. The SMILES string of the molecule is NCC1(C(=O)c2cc3cccc(F)c3o2)CCOCC1. The van der Waals surface area contributed by atoms with E-state index in [9.17, 15) is 9.18 Å². The molecule has 1 aliphatic rings. The summed E-state index contributed by atoms with van der Waals surface area (Å²) in [4.78, 5) is 12.7. The molecule has 4 nitrogen and oxygen atoms in total. The number of carbonyl (C=O) groups is 1. The third-order valence-electron chi connectivity index (χ3n) is 4.04. The van der Waals surface area contributed by atoms with Crippen molar-refractivity contribution in [1.29, 1.82) is 0 Å². The summed E-state index contributed by atoms with van der Waals surface area (Å²) in [5.74, 6) is -0.438. The summed E-state index contributed by atoms with van der Waals surface area (Å²) in [6, 6.07) is 6.22. The normalized spacial score (nSPS) is 18.3. The Morgan fingerprint density at radius 2 is 2.10 bits per heavy atom. The van der Waals surface area contributed by atoms with Gasteiger partial charge in [0.25, 0.3) is 0 Å². The van der Waals surface area contributed by atoms with Crippen molar-refractivity contribution in [1.82, 2.24) is 0 Å². The van der Waals surface area contributed by atoms with Crippen molar-refractivity contribution in [2.24, 2.45) is 11.1 Å². The lowest BCUT2D eigenvalue weighted by Crippen LogP contribution is -2.43. The second-order valence-electron chi connectivity index (χ2n) is 5.19. The highest BCUT2D eigenvalue weighted by atomic mass is 19.1. The van der Waals surface area contributed by atoms with E-state index in [-0.39, 0.29) is 23.7 Å². The number of carbonyl (C=O) groups excluding carboxylic acids is 1. The summed E-state index contributed by atoms with van der Waals surface area (Å²) in [6.07, 6.45) is 1.14. The number of Topliss-reactive ketones (excluding diaryl/α,β-unsaturated/α-hetero) is 1.